The maximum Gasteiger partial charge on any atom is 0.191 e. The fourth-order valence-corrected chi connectivity index (χ4v) is 3.54. The van der Waals surface area contributed by atoms with Gasteiger partial charge in [-0.2, -0.15) is 11.3 Å². The van der Waals surface area contributed by atoms with E-state index < -0.39 is 0 Å². The van der Waals surface area contributed by atoms with Crippen molar-refractivity contribution in [3.63, 3.8) is 0 Å². The molecule has 0 atom stereocenters. The summed E-state index contributed by atoms with van der Waals surface area (Å²) in [4.78, 5) is 12.7. The van der Waals surface area contributed by atoms with Crippen LogP contribution in [0.4, 0.5) is 4.39 Å². The quantitative estimate of drug-likeness (QED) is 0.724. The number of rotatable bonds is 1. The predicted octanol–water partition coefficient (Wildman–Crippen LogP) is 4.26. The van der Waals surface area contributed by atoms with Crippen LogP contribution in [0.5, 0.6) is 0 Å². The third-order valence-electron chi connectivity index (χ3n) is 2.76. The molecule has 0 saturated heterocycles. The molecule has 1 aromatic carbocycles. The van der Waals surface area contributed by atoms with Crippen LogP contribution in [0.15, 0.2) is 45.5 Å². The van der Waals surface area contributed by atoms with Crippen molar-refractivity contribution >= 4 is 35.0 Å². The van der Waals surface area contributed by atoms with E-state index in [2.05, 4.69) is 0 Å². The third-order valence-corrected chi connectivity index (χ3v) is 4.62. The smallest absolute Gasteiger partial charge is 0.191 e. The average molecular weight is 276 g/mol. The second-order valence-electron chi connectivity index (χ2n) is 3.96. The highest BCUT2D eigenvalue weighted by molar-refractivity contribution is 7.99. The second kappa shape index (κ2) is 4.71. The lowest BCUT2D eigenvalue weighted by atomic mass is 10.0. The Morgan fingerprint density at radius 2 is 2.17 bits per heavy atom. The van der Waals surface area contributed by atoms with Gasteiger partial charge in [-0.1, -0.05) is 6.07 Å². The molecule has 90 valence electrons. The summed E-state index contributed by atoms with van der Waals surface area (Å²) in [6, 6.07) is 6.64. The molecule has 0 aliphatic carbocycles. The summed E-state index contributed by atoms with van der Waals surface area (Å²) in [5.41, 5.74) is 2.24. The van der Waals surface area contributed by atoms with Crippen LogP contribution in [0.3, 0.4) is 0 Å². The first kappa shape index (κ1) is 11.7. The van der Waals surface area contributed by atoms with Crippen molar-refractivity contribution < 1.29 is 9.18 Å². The second-order valence-corrected chi connectivity index (χ2v) is 5.73. The number of thioether (sulfide) groups is 1. The first-order chi connectivity index (χ1) is 8.75. The molecule has 0 unspecified atom stereocenters. The van der Waals surface area contributed by atoms with Crippen LogP contribution < -0.4 is 0 Å². The van der Waals surface area contributed by atoms with Crippen LogP contribution in [0.25, 0.3) is 6.08 Å². The first-order valence-corrected chi connectivity index (χ1v) is 7.37. The van der Waals surface area contributed by atoms with E-state index in [0.717, 1.165) is 11.1 Å². The Balaban J connectivity index is 2.02. The van der Waals surface area contributed by atoms with Gasteiger partial charge in [-0.25, -0.2) is 4.39 Å². The van der Waals surface area contributed by atoms with Gasteiger partial charge in [-0.05, 0) is 40.6 Å². The molecule has 0 fully saturated rings. The molecule has 0 saturated carbocycles. The van der Waals surface area contributed by atoms with Crippen molar-refractivity contribution in [3.05, 3.63) is 57.5 Å². The van der Waals surface area contributed by atoms with Gasteiger partial charge in [-0.15, -0.1) is 11.8 Å². The van der Waals surface area contributed by atoms with Crippen LogP contribution in [0.1, 0.15) is 15.9 Å². The van der Waals surface area contributed by atoms with Crippen LogP contribution in [0, 0.1) is 5.82 Å². The molecular weight excluding hydrogens is 267 g/mol. The van der Waals surface area contributed by atoms with E-state index >= 15 is 0 Å². The normalized spacial score (nSPS) is 16.9. The Hall–Kier alpha value is -1.39. The summed E-state index contributed by atoms with van der Waals surface area (Å²) < 4.78 is 13.6. The Labute approximate surface area is 112 Å². The van der Waals surface area contributed by atoms with Crippen LogP contribution in [-0.2, 0) is 0 Å². The summed E-state index contributed by atoms with van der Waals surface area (Å²) in [7, 11) is 0. The van der Waals surface area contributed by atoms with Crippen LogP contribution in [-0.4, -0.2) is 11.5 Å². The standard InChI is InChI=1S/C14H9FOS2/c15-12-3-1-2-11-13(16)10(8-18-14(11)12)6-9-4-5-17-7-9/h1-7H,8H2/b10-6+. The molecule has 0 spiro atoms. The minimum absolute atomic E-state index is 0.0607. The van der Waals surface area contributed by atoms with Gasteiger partial charge in [0.2, 0.25) is 0 Å². The van der Waals surface area contributed by atoms with E-state index in [1.165, 1.54) is 17.8 Å². The minimum atomic E-state index is -0.305. The summed E-state index contributed by atoms with van der Waals surface area (Å²) >= 11 is 2.98. The number of carbonyl (C=O) groups is 1. The Morgan fingerprint density at radius 3 is 2.94 bits per heavy atom. The number of hydrogen-bond acceptors (Lipinski definition) is 3. The Bertz CT molecular complexity index is 629. The summed E-state index contributed by atoms with van der Waals surface area (Å²) in [5.74, 6) is 0.165. The zero-order chi connectivity index (χ0) is 12.5. The largest absolute Gasteiger partial charge is 0.289 e. The third kappa shape index (κ3) is 2.02. The number of ketones is 1. The van der Waals surface area contributed by atoms with Gasteiger partial charge in [0, 0.05) is 16.9 Å². The molecule has 0 amide bonds. The van der Waals surface area contributed by atoms with Crippen molar-refractivity contribution in [2.75, 3.05) is 5.75 Å². The zero-order valence-corrected chi connectivity index (χ0v) is 11.0. The van der Waals surface area contributed by atoms with Gasteiger partial charge in [-0.3, -0.25) is 4.79 Å². The average Bonchev–Trinajstić information content (AvgIpc) is 2.86. The van der Waals surface area contributed by atoms with Crippen molar-refractivity contribution in [1.29, 1.82) is 0 Å². The fraction of sp³-hybridized carbons (Fsp3) is 0.0714. The summed E-state index contributed by atoms with van der Waals surface area (Å²) in [6.07, 6.45) is 1.89. The first-order valence-electron chi connectivity index (χ1n) is 5.44. The van der Waals surface area contributed by atoms with Crippen LogP contribution in [0.2, 0.25) is 0 Å². The number of benzene rings is 1. The van der Waals surface area contributed by atoms with E-state index in [0.29, 0.717) is 16.2 Å². The monoisotopic (exact) mass is 276 g/mol. The SMILES string of the molecule is O=C1/C(=C/c2ccsc2)CSc2c(F)cccc21. The van der Waals surface area contributed by atoms with E-state index in [-0.39, 0.29) is 11.6 Å². The predicted molar refractivity (Wildman–Crippen MR) is 73.8 cm³/mol. The molecule has 4 heteroatoms. The molecule has 0 N–H and O–H groups in total. The number of thiophene rings is 1. The zero-order valence-electron chi connectivity index (χ0n) is 9.35. The van der Waals surface area contributed by atoms with E-state index in [1.54, 1.807) is 23.5 Å². The number of carbonyl (C=O) groups excluding carboxylic acids is 1. The molecule has 1 nitrogen and oxygen atoms in total. The van der Waals surface area contributed by atoms with Gasteiger partial charge < -0.3 is 0 Å². The highest BCUT2D eigenvalue weighted by Crippen LogP contribution is 2.35. The van der Waals surface area contributed by atoms with Gasteiger partial charge >= 0.3 is 0 Å². The van der Waals surface area contributed by atoms with E-state index in [1.807, 2.05) is 22.9 Å². The highest BCUT2D eigenvalue weighted by atomic mass is 32.2. The van der Waals surface area contributed by atoms with E-state index in [9.17, 15) is 9.18 Å². The highest BCUT2D eigenvalue weighted by Gasteiger charge is 2.24. The lowest BCUT2D eigenvalue weighted by Crippen LogP contribution is -2.13. The fourth-order valence-electron chi connectivity index (χ4n) is 1.89. The van der Waals surface area contributed by atoms with Gasteiger partial charge in [0.15, 0.2) is 5.78 Å². The number of Topliss-reactive ketones (excluding diaryl/α,β-unsaturated/α-hetero) is 1. The molecule has 0 radical (unpaired) electrons. The van der Waals surface area contributed by atoms with Crippen molar-refractivity contribution in [3.8, 4) is 0 Å². The molecule has 18 heavy (non-hydrogen) atoms. The number of halogens is 1. The maximum atomic E-state index is 13.6. The molecule has 3 rings (SSSR count). The lowest BCUT2D eigenvalue weighted by molar-refractivity contribution is 0.103. The van der Waals surface area contributed by atoms with E-state index in [4.69, 9.17) is 0 Å². The summed E-state index contributed by atoms with van der Waals surface area (Å²) in [5, 5.41) is 3.96. The van der Waals surface area contributed by atoms with Crippen LogP contribution >= 0.6 is 23.1 Å². The van der Waals surface area contributed by atoms with Crippen molar-refractivity contribution in [2.45, 2.75) is 4.90 Å². The maximum absolute atomic E-state index is 13.6. The molecule has 1 aliphatic heterocycles. The van der Waals surface area contributed by atoms with Gasteiger partial charge in [0.05, 0.1) is 4.90 Å². The Kier molecular flexibility index (Phi) is 3.06. The molecular formula is C14H9FOS2. The minimum Gasteiger partial charge on any atom is -0.289 e. The molecule has 0 bridgehead atoms. The summed E-state index contributed by atoms with van der Waals surface area (Å²) in [6.45, 7) is 0. The lowest BCUT2D eigenvalue weighted by Gasteiger charge is -2.17. The van der Waals surface area contributed by atoms with Crippen molar-refractivity contribution in [1.82, 2.24) is 0 Å². The molecule has 1 aliphatic rings. The molecule has 1 aromatic heterocycles. The molecule has 2 heterocycles. The van der Waals surface area contributed by atoms with Gasteiger partial charge in [0.1, 0.15) is 5.82 Å². The Morgan fingerprint density at radius 1 is 1.28 bits per heavy atom. The molecule has 2 aromatic rings. The topological polar surface area (TPSA) is 17.1 Å². The number of fused-ring (bicyclic) bond motifs is 1. The number of hydrogen-bond donors (Lipinski definition) is 0. The van der Waals surface area contributed by atoms with Crippen molar-refractivity contribution in [2.24, 2.45) is 0 Å². The van der Waals surface area contributed by atoms with Gasteiger partial charge in [0.25, 0.3) is 0 Å².